The van der Waals surface area contributed by atoms with Gasteiger partial charge in [-0.15, -0.1) is 0 Å². The van der Waals surface area contributed by atoms with Crippen molar-refractivity contribution < 1.29 is 15.0 Å². The maximum absolute atomic E-state index is 11.1. The summed E-state index contributed by atoms with van der Waals surface area (Å²) >= 11 is 0. The third-order valence-corrected chi connectivity index (χ3v) is 3.56. The zero-order valence-corrected chi connectivity index (χ0v) is 10.1. The fourth-order valence-corrected chi connectivity index (χ4v) is 2.56. The highest BCUT2D eigenvalue weighted by molar-refractivity contribution is 5.74. The smallest absolute Gasteiger partial charge is 0.308 e. The van der Waals surface area contributed by atoms with Gasteiger partial charge in [-0.25, -0.2) is 0 Å². The Bertz CT molecular complexity index is 444. The molecule has 0 aliphatic carbocycles. The third-order valence-electron chi connectivity index (χ3n) is 3.56. The molecule has 2 atom stereocenters. The molecule has 0 aromatic heterocycles. The molecule has 0 saturated heterocycles. The Morgan fingerprint density at radius 2 is 2.29 bits per heavy atom. The molecule has 0 saturated carbocycles. The molecule has 0 radical (unpaired) electrons. The number of benzene rings is 1. The summed E-state index contributed by atoms with van der Waals surface area (Å²) in [4.78, 5) is 13.2. The lowest BCUT2D eigenvalue weighted by molar-refractivity contribution is -0.141. The minimum Gasteiger partial charge on any atom is -0.508 e. The SMILES string of the molecule is CCN1c2cccc(O)c2CC1C(C)C(=O)O. The summed E-state index contributed by atoms with van der Waals surface area (Å²) in [6.45, 7) is 4.47. The molecule has 0 spiro atoms. The minimum absolute atomic E-state index is 0.0687. The molecule has 0 bridgehead atoms. The fraction of sp³-hybridized carbons (Fsp3) is 0.462. The molecule has 0 amide bonds. The first-order chi connectivity index (χ1) is 8.06. The predicted octanol–water partition coefficient (Wildman–Crippen LogP) is 1.86. The quantitative estimate of drug-likeness (QED) is 0.839. The van der Waals surface area contributed by atoms with Crippen LogP contribution in [0.1, 0.15) is 19.4 Å². The summed E-state index contributed by atoms with van der Waals surface area (Å²) in [7, 11) is 0. The first-order valence-corrected chi connectivity index (χ1v) is 5.86. The zero-order valence-electron chi connectivity index (χ0n) is 10.1. The number of aliphatic carboxylic acids is 1. The van der Waals surface area contributed by atoms with Gasteiger partial charge in [0, 0.05) is 23.8 Å². The second-order valence-electron chi connectivity index (χ2n) is 4.46. The number of phenols is 1. The minimum atomic E-state index is -0.791. The van der Waals surface area contributed by atoms with Crippen LogP contribution in [0.3, 0.4) is 0 Å². The van der Waals surface area contributed by atoms with E-state index in [-0.39, 0.29) is 11.8 Å². The van der Waals surface area contributed by atoms with Crippen molar-refractivity contribution in [2.24, 2.45) is 5.92 Å². The molecule has 4 heteroatoms. The van der Waals surface area contributed by atoms with Gasteiger partial charge < -0.3 is 15.1 Å². The highest BCUT2D eigenvalue weighted by Crippen LogP contribution is 2.39. The highest BCUT2D eigenvalue weighted by atomic mass is 16.4. The molecule has 1 heterocycles. The number of hydrogen-bond acceptors (Lipinski definition) is 3. The molecule has 1 aliphatic heterocycles. The van der Waals surface area contributed by atoms with Crippen molar-refractivity contribution in [3.05, 3.63) is 23.8 Å². The molecule has 1 aromatic carbocycles. The monoisotopic (exact) mass is 235 g/mol. The Morgan fingerprint density at radius 3 is 2.88 bits per heavy atom. The van der Waals surface area contributed by atoms with Crippen LogP contribution in [0.25, 0.3) is 0 Å². The number of nitrogens with zero attached hydrogens (tertiary/aromatic N) is 1. The molecule has 2 N–H and O–H groups in total. The van der Waals surface area contributed by atoms with Gasteiger partial charge >= 0.3 is 5.97 Å². The second-order valence-corrected chi connectivity index (χ2v) is 4.46. The van der Waals surface area contributed by atoms with Gasteiger partial charge in [-0.1, -0.05) is 6.07 Å². The van der Waals surface area contributed by atoms with Crippen LogP contribution in [0.4, 0.5) is 5.69 Å². The zero-order chi connectivity index (χ0) is 12.6. The summed E-state index contributed by atoms with van der Waals surface area (Å²) in [5.74, 6) is -0.969. The van der Waals surface area contributed by atoms with Gasteiger partial charge in [0.1, 0.15) is 5.75 Å². The van der Waals surface area contributed by atoms with E-state index in [1.54, 1.807) is 19.1 Å². The number of carboxylic acid groups (broad SMARTS) is 1. The number of carbonyl (C=O) groups is 1. The lowest BCUT2D eigenvalue weighted by Crippen LogP contribution is -2.40. The Labute approximate surface area is 100 Å². The van der Waals surface area contributed by atoms with Gasteiger partial charge in [0.05, 0.1) is 5.92 Å². The van der Waals surface area contributed by atoms with Crippen molar-refractivity contribution in [2.75, 3.05) is 11.4 Å². The summed E-state index contributed by atoms with van der Waals surface area (Å²) < 4.78 is 0. The number of aromatic hydroxyl groups is 1. The lowest BCUT2D eigenvalue weighted by atomic mass is 9.98. The summed E-state index contributed by atoms with van der Waals surface area (Å²) in [5.41, 5.74) is 1.83. The Morgan fingerprint density at radius 1 is 1.59 bits per heavy atom. The van der Waals surface area contributed by atoms with Crippen molar-refractivity contribution in [1.29, 1.82) is 0 Å². The number of anilines is 1. The van der Waals surface area contributed by atoms with Crippen LogP contribution in [-0.2, 0) is 11.2 Å². The number of carboxylic acids is 1. The Kier molecular flexibility index (Phi) is 2.96. The molecule has 4 nitrogen and oxygen atoms in total. The number of likely N-dealkylation sites (N-methyl/N-ethyl adjacent to an activating group) is 1. The number of phenolic OH excluding ortho intramolecular Hbond substituents is 1. The van der Waals surface area contributed by atoms with Gasteiger partial charge in [0.2, 0.25) is 0 Å². The van der Waals surface area contributed by atoms with Crippen molar-refractivity contribution in [3.8, 4) is 5.75 Å². The first-order valence-electron chi connectivity index (χ1n) is 5.86. The number of fused-ring (bicyclic) bond motifs is 1. The topological polar surface area (TPSA) is 60.8 Å². The van der Waals surface area contributed by atoms with Gasteiger partial charge in [0.15, 0.2) is 0 Å². The van der Waals surface area contributed by atoms with E-state index in [0.717, 1.165) is 17.8 Å². The van der Waals surface area contributed by atoms with E-state index in [1.165, 1.54) is 0 Å². The van der Waals surface area contributed by atoms with Crippen molar-refractivity contribution >= 4 is 11.7 Å². The molecule has 17 heavy (non-hydrogen) atoms. The fourth-order valence-electron chi connectivity index (χ4n) is 2.56. The Hall–Kier alpha value is -1.71. The third kappa shape index (κ3) is 1.84. The van der Waals surface area contributed by atoms with Crippen LogP contribution in [0.5, 0.6) is 5.75 Å². The molecule has 1 aromatic rings. The van der Waals surface area contributed by atoms with Crippen LogP contribution in [0.15, 0.2) is 18.2 Å². The number of hydrogen-bond donors (Lipinski definition) is 2. The normalized spacial score (nSPS) is 20.1. The van der Waals surface area contributed by atoms with Gasteiger partial charge in [-0.05, 0) is 32.4 Å². The lowest BCUT2D eigenvalue weighted by Gasteiger charge is -2.28. The first kappa shape index (κ1) is 11.8. The molecule has 2 rings (SSSR count). The standard InChI is InChI=1S/C13H17NO3/c1-3-14-10-5-4-6-12(15)9(10)7-11(14)8(2)13(16)17/h4-6,8,11,15H,3,7H2,1-2H3,(H,16,17). The highest BCUT2D eigenvalue weighted by Gasteiger charge is 2.36. The predicted molar refractivity (Wildman–Crippen MR) is 65.4 cm³/mol. The van der Waals surface area contributed by atoms with E-state index < -0.39 is 11.9 Å². The molecular weight excluding hydrogens is 218 g/mol. The van der Waals surface area contributed by atoms with Crippen molar-refractivity contribution in [3.63, 3.8) is 0 Å². The average Bonchev–Trinajstić information content (AvgIpc) is 2.67. The van der Waals surface area contributed by atoms with Crippen molar-refractivity contribution in [2.45, 2.75) is 26.3 Å². The van der Waals surface area contributed by atoms with Crippen LogP contribution in [0, 0.1) is 5.92 Å². The molecule has 0 fully saturated rings. The number of rotatable bonds is 3. The van der Waals surface area contributed by atoms with E-state index in [2.05, 4.69) is 4.90 Å². The van der Waals surface area contributed by atoms with Crippen LogP contribution < -0.4 is 4.90 Å². The van der Waals surface area contributed by atoms with Gasteiger partial charge in [-0.2, -0.15) is 0 Å². The maximum atomic E-state index is 11.1. The van der Waals surface area contributed by atoms with Crippen LogP contribution in [0.2, 0.25) is 0 Å². The molecule has 2 unspecified atom stereocenters. The molecular formula is C13H17NO3. The molecule has 92 valence electrons. The Balaban J connectivity index is 2.38. The van der Waals surface area contributed by atoms with Gasteiger partial charge in [0.25, 0.3) is 0 Å². The second kappa shape index (κ2) is 4.28. The van der Waals surface area contributed by atoms with E-state index in [4.69, 9.17) is 5.11 Å². The van der Waals surface area contributed by atoms with E-state index >= 15 is 0 Å². The maximum Gasteiger partial charge on any atom is 0.308 e. The van der Waals surface area contributed by atoms with E-state index in [0.29, 0.717) is 6.42 Å². The summed E-state index contributed by atoms with van der Waals surface area (Å²) in [6, 6.07) is 5.32. The van der Waals surface area contributed by atoms with E-state index in [1.807, 2.05) is 13.0 Å². The van der Waals surface area contributed by atoms with Crippen molar-refractivity contribution in [1.82, 2.24) is 0 Å². The summed E-state index contributed by atoms with van der Waals surface area (Å²) in [5, 5.41) is 18.9. The summed E-state index contributed by atoms with van der Waals surface area (Å²) in [6.07, 6.45) is 0.601. The average molecular weight is 235 g/mol. The van der Waals surface area contributed by atoms with Gasteiger partial charge in [-0.3, -0.25) is 4.79 Å². The van der Waals surface area contributed by atoms with Crippen LogP contribution >= 0.6 is 0 Å². The molecule has 1 aliphatic rings. The largest absolute Gasteiger partial charge is 0.508 e. The van der Waals surface area contributed by atoms with Crippen LogP contribution in [-0.4, -0.2) is 28.8 Å². The van der Waals surface area contributed by atoms with E-state index in [9.17, 15) is 9.90 Å².